The van der Waals surface area contributed by atoms with E-state index in [-0.39, 0.29) is 6.42 Å². The van der Waals surface area contributed by atoms with Crippen LogP contribution in [0.2, 0.25) is 10.0 Å². The molecule has 2 rings (SSSR count). The maximum absolute atomic E-state index is 12.0. The summed E-state index contributed by atoms with van der Waals surface area (Å²) in [5.41, 5.74) is 0. The molecule has 1 amide bonds. The highest BCUT2D eigenvalue weighted by molar-refractivity contribution is 7.99. The van der Waals surface area contributed by atoms with Gasteiger partial charge in [-0.05, 0) is 43.3 Å². The summed E-state index contributed by atoms with van der Waals surface area (Å²) in [6.45, 7) is 1.51. The Hall–Kier alpha value is -1.76. The third-order valence-electron chi connectivity index (χ3n) is 3.04. The fourth-order valence-corrected chi connectivity index (χ4v) is 2.84. The molecular weight excluding hydrogens is 383 g/mol. The van der Waals surface area contributed by atoms with Crippen LogP contribution in [0, 0.1) is 0 Å². The smallest absolute Gasteiger partial charge is 0.307 e. The average Bonchev–Trinajstić information content (AvgIpc) is 2.58. The van der Waals surface area contributed by atoms with Crippen LogP contribution in [-0.4, -0.2) is 28.7 Å². The van der Waals surface area contributed by atoms with Crippen LogP contribution in [0.1, 0.15) is 13.3 Å². The van der Waals surface area contributed by atoms with Crippen molar-refractivity contribution in [3.05, 3.63) is 52.6 Å². The molecule has 5 nitrogen and oxygen atoms in total. The summed E-state index contributed by atoms with van der Waals surface area (Å²) in [5.74, 6) is 0.00498. The molecule has 0 saturated carbocycles. The van der Waals surface area contributed by atoms with E-state index in [2.05, 4.69) is 10.3 Å². The topological polar surface area (TPSA) is 68.3 Å². The third-order valence-corrected chi connectivity index (χ3v) is 4.53. The summed E-state index contributed by atoms with van der Waals surface area (Å²) >= 11 is 13.1. The monoisotopic (exact) mass is 398 g/mol. The lowest BCUT2D eigenvalue weighted by Crippen LogP contribution is -2.30. The fraction of sp³-hybridized carbons (Fsp3) is 0.235. The van der Waals surface area contributed by atoms with Gasteiger partial charge >= 0.3 is 5.97 Å². The number of thioether (sulfide) groups is 1. The van der Waals surface area contributed by atoms with Crippen LogP contribution in [0.3, 0.4) is 0 Å². The molecule has 0 aliphatic heterocycles. The molecule has 0 bridgehead atoms. The Morgan fingerprint density at radius 2 is 1.84 bits per heavy atom. The molecule has 1 atom stereocenters. The van der Waals surface area contributed by atoms with Crippen LogP contribution >= 0.6 is 35.0 Å². The second kappa shape index (κ2) is 9.65. The van der Waals surface area contributed by atoms with E-state index >= 15 is 0 Å². The number of pyridine rings is 1. The number of carbonyl (C=O) groups excluding carboxylic acids is 2. The van der Waals surface area contributed by atoms with Gasteiger partial charge in [0.2, 0.25) is 0 Å². The molecule has 0 saturated heterocycles. The van der Waals surface area contributed by atoms with Crippen molar-refractivity contribution in [1.29, 1.82) is 0 Å². The molecule has 1 heterocycles. The molecule has 0 aliphatic carbocycles. The minimum atomic E-state index is -0.912. The van der Waals surface area contributed by atoms with E-state index in [9.17, 15) is 9.59 Å². The maximum Gasteiger partial charge on any atom is 0.307 e. The molecule has 0 aliphatic rings. The van der Waals surface area contributed by atoms with Crippen molar-refractivity contribution in [3.8, 4) is 0 Å². The maximum atomic E-state index is 12.0. The van der Waals surface area contributed by atoms with E-state index in [1.54, 1.807) is 24.3 Å². The van der Waals surface area contributed by atoms with Crippen LogP contribution in [0.4, 0.5) is 5.82 Å². The number of aromatic nitrogens is 1. The number of amides is 1. The van der Waals surface area contributed by atoms with Crippen molar-refractivity contribution >= 4 is 52.7 Å². The van der Waals surface area contributed by atoms with Crippen LogP contribution in [0.25, 0.3) is 0 Å². The zero-order valence-electron chi connectivity index (χ0n) is 13.4. The zero-order valence-corrected chi connectivity index (χ0v) is 15.7. The first-order valence-electron chi connectivity index (χ1n) is 7.44. The van der Waals surface area contributed by atoms with Gasteiger partial charge in [-0.2, -0.15) is 0 Å². The molecular formula is C17H16Cl2N2O3S. The number of nitrogens with one attached hydrogen (secondary N) is 1. The van der Waals surface area contributed by atoms with Crippen molar-refractivity contribution in [2.24, 2.45) is 0 Å². The van der Waals surface area contributed by atoms with Gasteiger partial charge in [0.05, 0.1) is 11.4 Å². The van der Waals surface area contributed by atoms with Crippen LogP contribution in [0.5, 0.6) is 0 Å². The summed E-state index contributed by atoms with van der Waals surface area (Å²) in [6, 6.07) is 10.5. The molecule has 0 spiro atoms. The Morgan fingerprint density at radius 1 is 1.16 bits per heavy atom. The van der Waals surface area contributed by atoms with E-state index in [4.69, 9.17) is 27.9 Å². The molecule has 0 fully saturated rings. The van der Waals surface area contributed by atoms with Gasteiger partial charge in [-0.25, -0.2) is 4.98 Å². The lowest BCUT2D eigenvalue weighted by Gasteiger charge is -2.13. The third kappa shape index (κ3) is 6.94. The van der Waals surface area contributed by atoms with Gasteiger partial charge in [-0.1, -0.05) is 23.2 Å². The Kier molecular flexibility index (Phi) is 7.55. The quantitative estimate of drug-likeness (QED) is 0.551. The van der Waals surface area contributed by atoms with Crippen molar-refractivity contribution in [1.82, 2.24) is 4.98 Å². The minimum absolute atomic E-state index is 0.199. The summed E-state index contributed by atoms with van der Waals surface area (Å²) < 4.78 is 5.13. The average molecular weight is 399 g/mol. The standard InChI is InChI=1S/C17H16Cl2N2O3S/c1-11(17(23)21-15-7-4-13(19)10-20-15)24-16(22)8-9-25-14-5-2-12(18)3-6-14/h2-7,10-11H,8-9H2,1H3,(H,20,21,23)/t11-/m1/s1. The number of hydrogen-bond acceptors (Lipinski definition) is 5. The van der Waals surface area contributed by atoms with Gasteiger partial charge in [-0.15, -0.1) is 11.8 Å². The van der Waals surface area contributed by atoms with Gasteiger partial charge in [0, 0.05) is 21.9 Å². The number of ether oxygens (including phenoxy) is 1. The SMILES string of the molecule is C[C@@H](OC(=O)CCSc1ccc(Cl)cc1)C(=O)Nc1ccc(Cl)cn1. The number of benzene rings is 1. The van der Waals surface area contributed by atoms with Gasteiger partial charge in [0.1, 0.15) is 5.82 Å². The Labute approximate surface area is 160 Å². The second-order valence-corrected chi connectivity index (χ2v) is 7.08. The number of esters is 1. The van der Waals surface area contributed by atoms with Crippen molar-refractivity contribution < 1.29 is 14.3 Å². The largest absolute Gasteiger partial charge is 0.453 e. The van der Waals surface area contributed by atoms with E-state index in [0.717, 1.165) is 4.90 Å². The van der Waals surface area contributed by atoms with E-state index < -0.39 is 18.0 Å². The minimum Gasteiger partial charge on any atom is -0.453 e. The van der Waals surface area contributed by atoms with Gasteiger partial charge < -0.3 is 10.1 Å². The van der Waals surface area contributed by atoms with E-state index in [1.165, 1.54) is 24.9 Å². The van der Waals surface area contributed by atoms with Crippen molar-refractivity contribution in [2.45, 2.75) is 24.3 Å². The van der Waals surface area contributed by atoms with Crippen molar-refractivity contribution in [3.63, 3.8) is 0 Å². The summed E-state index contributed by atoms with van der Waals surface area (Å²) in [6.07, 6.45) is 0.705. The highest BCUT2D eigenvalue weighted by atomic mass is 35.5. The first kappa shape index (κ1) is 19.6. The molecule has 1 N–H and O–H groups in total. The lowest BCUT2D eigenvalue weighted by atomic mass is 10.3. The van der Waals surface area contributed by atoms with Gasteiger partial charge in [-0.3, -0.25) is 9.59 Å². The van der Waals surface area contributed by atoms with Crippen LogP contribution < -0.4 is 5.32 Å². The Bertz CT molecular complexity index is 724. The molecule has 0 unspecified atom stereocenters. The van der Waals surface area contributed by atoms with Crippen LogP contribution in [0.15, 0.2) is 47.5 Å². The van der Waals surface area contributed by atoms with Gasteiger partial charge in [0.15, 0.2) is 6.10 Å². The molecule has 25 heavy (non-hydrogen) atoms. The Balaban J connectivity index is 1.72. The number of rotatable bonds is 7. The number of hydrogen-bond donors (Lipinski definition) is 1. The van der Waals surface area contributed by atoms with Crippen molar-refractivity contribution in [2.75, 3.05) is 11.1 Å². The number of nitrogens with zero attached hydrogens (tertiary/aromatic N) is 1. The molecule has 2 aromatic rings. The summed E-state index contributed by atoms with van der Waals surface area (Å²) in [7, 11) is 0. The zero-order chi connectivity index (χ0) is 18.2. The Morgan fingerprint density at radius 3 is 2.48 bits per heavy atom. The predicted octanol–water partition coefficient (Wildman–Crippen LogP) is 4.44. The first-order valence-corrected chi connectivity index (χ1v) is 9.18. The second-order valence-electron chi connectivity index (χ2n) is 5.04. The van der Waals surface area contributed by atoms with Crippen LogP contribution in [-0.2, 0) is 14.3 Å². The summed E-state index contributed by atoms with van der Waals surface area (Å²) in [5, 5.41) is 3.69. The number of carbonyl (C=O) groups is 2. The van der Waals surface area contributed by atoms with E-state index in [1.807, 2.05) is 12.1 Å². The highest BCUT2D eigenvalue weighted by Crippen LogP contribution is 2.21. The van der Waals surface area contributed by atoms with E-state index in [0.29, 0.717) is 21.6 Å². The summed E-state index contributed by atoms with van der Waals surface area (Å²) in [4.78, 5) is 28.8. The molecule has 0 radical (unpaired) electrons. The van der Waals surface area contributed by atoms with Gasteiger partial charge in [0.25, 0.3) is 5.91 Å². The fourth-order valence-electron chi connectivity index (χ4n) is 1.77. The highest BCUT2D eigenvalue weighted by Gasteiger charge is 2.18. The molecule has 1 aromatic heterocycles. The number of halogens is 2. The molecule has 1 aromatic carbocycles. The molecule has 132 valence electrons. The lowest BCUT2D eigenvalue weighted by molar-refractivity contribution is -0.152. The first-order chi connectivity index (χ1) is 11.9. The normalized spacial score (nSPS) is 11.6. The number of anilines is 1. The molecule has 8 heteroatoms. The predicted molar refractivity (Wildman–Crippen MR) is 100 cm³/mol.